The second-order valence-corrected chi connectivity index (χ2v) is 6.79. The van der Waals surface area contributed by atoms with Crippen LogP contribution in [0.5, 0.6) is 0 Å². The van der Waals surface area contributed by atoms with Gasteiger partial charge in [-0.15, -0.1) is 0 Å². The summed E-state index contributed by atoms with van der Waals surface area (Å²) in [6.07, 6.45) is 4.74. The molecule has 5 nitrogen and oxygen atoms in total. The number of carbonyl (C=O) groups excluding carboxylic acids is 1. The molecule has 0 radical (unpaired) electrons. The molecule has 0 bridgehead atoms. The van der Waals surface area contributed by atoms with E-state index in [4.69, 9.17) is 0 Å². The SMILES string of the molecule is Cc1cc2nccc([C@H]3CCCCN3C(=O)Cc3ccccc3F)n2n1. The third kappa shape index (κ3) is 3.07. The van der Waals surface area contributed by atoms with Crippen LogP contribution in [-0.4, -0.2) is 31.9 Å². The lowest BCUT2D eigenvalue weighted by Crippen LogP contribution is -2.40. The summed E-state index contributed by atoms with van der Waals surface area (Å²) in [5.41, 5.74) is 3.08. The molecule has 1 atom stereocenters. The lowest BCUT2D eigenvalue weighted by atomic mass is 9.97. The second kappa shape index (κ2) is 6.86. The highest BCUT2D eigenvalue weighted by molar-refractivity contribution is 5.79. The number of nitrogens with zero attached hydrogens (tertiary/aromatic N) is 4. The van der Waals surface area contributed by atoms with Crippen molar-refractivity contribution < 1.29 is 9.18 Å². The van der Waals surface area contributed by atoms with Crippen LogP contribution in [0, 0.1) is 12.7 Å². The third-order valence-corrected chi connectivity index (χ3v) is 4.97. The Kier molecular flexibility index (Phi) is 4.41. The van der Waals surface area contributed by atoms with Crippen molar-refractivity contribution in [2.45, 2.75) is 38.6 Å². The molecule has 1 aliphatic heterocycles. The van der Waals surface area contributed by atoms with Crippen molar-refractivity contribution in [1.29, 1.82) is 0 Å². The fourth-order valence-corrected chi connectivity index (χ4v) is 3.72. The summed E-state index contributed by atoms with van der Waals surface area (Å²) >= 11 is 0. The van der Waals surface area contributed by atoms with Crippen LogP contribution in [0.2, 0.25) is 0 Å². The number of rotatable bonds is 3. The highest BCUT2D eigenvalue weighted by atomic mass is 19.1. The number of halogens is 1. The van der Waals surface area contributed by atoms with E-state index in [1.807, 2.05) is 28.5 Å². The molecule has 6 heteroatoms. The number of benzene rings is 1. The Morgan fingerprint density at radius 3 is 2.96 bits per heavy atom. The summed E-state index contributed by atoms with van der Waals surface area (Å²) in [5.74, 6) is -0.378. The molecule has 0 aliphatic carbocycles. The van der Waals surface area contributed by atoms with Gasteiger partial charge in [0.15, 0.2) is 5.65 Å². The van der Waals surface area contributed by atoms with E-state index in [1.54, 1.807) is 24.4 Å². The van der Waals surface area contributed by atoms with Gasteiger partial charge in [-0.2, -0.15) is 5.10 Å². The molecule has 3 aromatic rings. The van der Waals surface area contributed by atoms with Gasteiger partial charge in [-0.05, 0) is 43.9 Å². The molecule has 1 fully saturated rings. The fourth-order valence-electron chi connectivity index (χ4n) is 3.72. The van der Waals surface area contributed by atoms with E-state index >= 15 is 0 Å². The summed E-state index contributed by atoms with van der Waals surface area (Å²) in [5, 5.41) is 4.54. The molecule has 1 amide bonds. The van der Waals surface area contributed by atoms with Gasteiger partial charge >= 0.3 is 0 Å². The van der Waals surface area contributed by atoms with Gasteiger partial charge in [0.25, 0.3) is 0 Å². The number of piperidine rings is 1. The largest absolute Gasteiger partial charge is 0.334 e. The molecule has 26 heavy (non-hydrogen) atoms. The van der Waals surface area contributed by atoms with Gasteiger partial charge in [0.1, 0.15) is 5.82 Å². The van der Waals surface area contributed by atoms with Crippen molar-refractivity contribution >= 4 is 11.6 Å². The first-order valence-electron chi connectivity index (χ1n) is 8.97. The van der Waals surface area contributed by atoms with Crippen LogP contribution in [0.1, 0.15) is 42.3 Å². The van der Waals surface area contributed by atoms with Crippen LogP contribution >= 0.6 is 0 Å². The minimum atomic E-state index is -0.330. The van der Waals surface area contributed by atoms with Gasteiger partial charge in [0, 0.05) is 18.8 Å². The average molecular weight is 352 g/mol. The van der Waals surface area contributed by atoms with Crippen LogP contribution in [-0.2, 0) is 11.2 Å². The molecular weight excluding hydrogens is 331 g/mol. The van der Waals surface area contributed by atoms with Crippen molar-refractivity contribution in [2.75, 3.05) is 6.54 Å². The lowest BCUT2D eigenvalue weighted by molar-refractivity contribution is -0.134. The number of fused-ring (bicyclic) bond motifs is 1. The zero-order valence-corrected chi connectivity index (χ0v) is 14.7. The first kappa shape index (κ1) is 16.7. The number of likely N-dealkylation sites (tertiary alicyclic amines) is 1. The van der Waals surface area contributed by atoms with Crippen molar-refractivity contribution in [3.05, 3.63) is 65.4 Å². The van der Waals surface area contributed by atoms with Crippen LogP contribution in [0.15, 0.2) is 42.6 Å². The fraction of sp³-hybridized carbons (Fsp3) is 0.350. The van der Waals surface area contributed by atoms with E-state index in [0.29, 0.717) is 12.1 Å². The van der Waals surface area contributed by atoms with E-state index in [2.05, 4.69) is 10.1 Å². The molecule has 4 rings (SSSR count). The molecule has 1 saturated heterocycles. The molecule has 2 aromatic heterocycles. The molecule has 0 N–H and O–H groups in total. The first-order valence-corrected chi connectivity index (χ1v) is 8.97. The van der Waals surface area contributed by atoms with Gasteiger partial charge in [-0.25, -0.2) is 13.9 Å². The molecule has 0 spiro atoms. The minimum Gasteiger partial charge on any atom is -0.334 e. The van der Waals surface area contributed by atoms with E-state index in [9.17, 15) is 9.18 Å². The molecule has 3 heterocycles. The summed E-state index contributed by atoms with van der Waals surface area (Å²) in [6.45, 7) is 2.61. The first-order chi connectivity index (χ1) is 12.6. The summed E-state index contributed by atoms with van der Waals surface area (Å²) < 4.78 is 15.8. The number of hydrogen-bond donors (Lipinski definition) is 0. The zero-order valence-electron chi connectivity index (χ0n) is 14.7. The van der Waals surface area contributed by atoms with Gasteiger partial charge < -0.3 is 4.90 Å². The monoisotopic (exact) mass is 352 g/mol. The van der Waals surface area contributed by atoms with Gasteiger partial charge in [0.2, 0.25) is 5.91 Å². The third-order valence-electron chi connectivity index (χ3n) is 4.97. The topological polar surface area (TPSA) is 50.5 Å². The maximum absolute atomic E-state index is 14.0. The molecule has 1 aliphatic rings. The van der Waals surface area contributed by atoms with Gasteiger partial charge in [-0.1, -0.05) is 18.2 Å². The standard InChI is InChI=1S/C20H21FN4O/c1-14-12-19-22-10-9-18(25(19)23-14)17-8-4-5-11-24(17)20(26)13-15-6-2-3-7-16(15)21/h2-3,6-7,9-10,12,17H,4-5,8,11,13H2,1H3/t17-/m1/s1. The van der Waals surface area contributed by atoms with E-state index in [-0.39, 0.29) is 24.2 Å². The quantitative estimate of drug-likeness (QED) is 0.725. The molecule has 1 aromatic carbocycles. The zero-order chi connectivity index (χ0) is 18.1. The Morgan fingerprint density at radius 1 is 1.27 bits per heavy atom. The average Bonchev–Trinajstić information content (AvgIpc) is 3.03. The predicted molar refractivity (Wildman–Crippen MR) is 96.1 cm³/mol. The highest BCUT2D eigenvalue weighted by Crippen LogP contribution is 2.31. The molecule has 134 valence electrons. The van der Waals surface area contributed by atoms with Crippen LogP contribution in [0.25, 0.3) is 5.65 Å². The van der Waals surface area contributed by atoms with Gasteiger partial charge in [-0.3, -0.25) is 4.79 Å². The Labute approximate surface area is 151 Å². The summed E-state index contributed by atoms with van der Waals surface area (Å²) in [6, 6.07) is 10.3. The van der Waals surface area contributed by atoms with Crippen LogP contribution < -0.4 is 0 Å². The van der Waals surface area contributed by atoms with Crippen LogP contribution in [0.4, 0.5) is 4.39 Å². The molecule has 0 saturated carbocycles. The maximum atomic E-state index is 14.0. The number of carbonyl (C=O) groups is 1. The van der Waals surface area contributed by atoms with E-state index in [1.165, 1.54) is 6.07 Å². The van der Waals surface area contributed by atoms with E-state index in [0.717, 1.165) is 36.3 Å². The highest BCUT2D eigenvalue weighted by Gasteiger charge is 2.30. The van der Waals surface area contributed by atoms with Crippen molar-refractivity contribution in [2.24, 2.45) is 0 Å². The smallest absolute Gasteiger partial charge is 0.227 e. The van der Waals surface area contributed by atoms with Gasteiger partial charge in [0.05, 0.1) is 23.9 Å². The predicted octanol–water partition coefficient (Wildman–Crippen LogP) is 3.47. The number of aryl methyl sites for hydroxylation is 1. The number of amides is 1. The lowest BCUT2D eigenvalue weighted by Gasteiger charge is -2.36. The second-order valence-electron chi connectivity index (χ2n) is 6.79. The van der Waals surface area contributed by atoms with Crippen molar-refractivity contribution in [3.63, 3.8) is 0 Å². The molecule has 0 unspecified atom stereocenters. The number of aromatic nitrogens is 3. The van der Waals surface area contributed by atoms with E-state index < -0.39 is 0 Å². The van der Waals surface area contributed by atoms with Crippen molar-refractivity contribution in [3.8, 4) is 0 Å². The molecular formula is C20H21FN4O. The Bertz CT molecular complexity index is 952. The maximum Gasteiger partial charge on any atom is 0.227 e. The summed E-state index contributed by atoms with van der Waals surface area (Å²) in [4.78, 5) is 19.2. The van der Waals surface area contributed by atoms with Crippen molar-refractivity contribution in [1.82, 2.24) is 19.5 Å². The minimum absolute atomic E-state index is 0.0476. The number of hydrogen-bond acceptors (Lipinski definition) is 3. The summed E-state index contributed by atoms with van der Waals surface area (Å²) in [7, 11) is 0. The Morgan fingerprint density at radius 2 is 2.12 bits per heavy atom. The Hall–Kier alpha value is -2.76. The Balaban J connectivity index is 1.66. The normalized spacial score (nSPS) is 17.6. The van der Waals surface area contributed by atoms with Crippen LogP contribution in [0.3, 0.4) is 0 Å².